The third-order valence-corrected chi connectivity index (χ3v) is 7.56. The number of phenolic OH excluding ortho intramolecular Hbond substituents is 1. The highest BCUT2D eigenvalue weighted by Crippen LogP contribution is 2.41. The third kappa shape index (κ3) is 5.71. The fourth-order valence-corrected chi connectivity index (χ4v) is 5.52. The van der Waals surface area contributed by atoms with Crippen molar-refractivity contribution in [3.05, 3.63) is 120 Å². The molecule has 1 heterocycles. The molecule has 1 saturated heterocycles. The first kappa shape index (κ1) is 25.1. The maximum Gasteiger partial charge on any atom is 0.123 e. The van der Waals surface area contributed by atoms with E-state index in [4.69, 9.17) is 4.74 Å². The quantitative estimate of drug-likeness (QED) is 0.262. The fraction of sp³-hybridized carbons (Fsp3) is 0.273. The first-order valence-corrected chi connectivity index (χ1v) is 13.2. The molecular weight excluding hydrogens is 458 g/mol. The van der Waals surface area contributed by atoms with Crippen molar-refractivity contribution in [1.82, 2.24) is 4.90 Å². The number of aliphatic hydroxyl groups is 1. The number of likely N-dealkylation sites (tertiary alicyclic amines) is 1. The zero-order valence-corrected chi connectivity index (χ0v) is 21.2. The highest BCUT2D eigenvalue weighted by atomic mass is 16.5. The lowest BCUT2D eigenvalue weighted by Gasteiger charge is -2.42. The lowest BCUT2D eigenvalue weighted by Crippen LogP contribution is -2.44. The smallest absolute Gasteiger partial charge is 0.123 e. The number of benzene rings is 4. The van der Waals surface area contributed by atoms with Crippen LogP contribution >= 0.6 is 0 Å². The van der Waals surface area contributed by atoms with Gasteiger partial charge in [0, 0.05) is 12.1 Å². The summed E-state index contributed by atoms with van der Waals surface area (Å²) in [4.78, 5) is 2.48. The lowest BCUT2D eigenvalue weighted by molar-refractivity contribution is -0.0146. The summed E-state index contributed by atoms with van der Waals surface area (Å²) in [7, 11) is 0. The van der Waals surface area contributed by atoms with Crippen LogP contribution in [0.4, 0.5) is 0 Å². The second-order valence-electron chi connectivity index (χ2n) is 9.86. The Morgan fingerprint density at radius 3 is 1.89 bits per heavy atom. The summed E-state index contributed by atoms with van der Waals surface area (Å²) >= 11 is 0. The van der Waals surface area contributed by atoms with Gasteiger partial charge in [-0.3, -0.25) is 0 Å². The van der Waals surface area contributed by atoms with Crippen molar-refractivity contribution in [2.45, 2.75) is 24.9 Å². The number of hydrogen-bond donors (Lipinski definition) is 2. The van der Waals surface area contributed by atoms with E-state index in [1.165, 1.54) is 0 Å². The van der Waals surface area contributed by atoms with Gasteiger partial charge in [-0.1, -0.05) is 91.0 Å². The molecule has 4 aromatic carbocycles. The van der Waals surface area contributed by atoms with Crippen LogP contribution in [-0.4, -0.2) is 41.4 Å². The van der Waals surface area contributed by atoms with Gasteiger partial charge in [0.05, 0.1) is 6.61 Å². The zero-order valence-electron chi connectivity index (χ0n) is 21.2. The number of para-hydroxylation sites is 1. The van der Waals surface area contributed by atoms with E-state index in [1.807, 2.05) is 103 Å². The molecule has 1 fully saturated rings. The van der Waals surface area contributed by atoms with E-state index in [0.29, 0.717) is 6.61 Å². The molecule has 5 rings (SSSR count). The topological polar surface area (TPSA) is 52.9 Å². The molecule has 0 atom stereocenters. The van der Waals surface area contributed by atoms with Gasteiger partial charge in [-0.25, -0.2) is 0 Å². The molecule has 4 nitrogen and oxygen atoms in total. The van der Waals surface area contributed by atoms with Crippen LogP contribution in [0.15, 0.2) is 109 Å². The van der Waals surface area contributed by atoms with Crippen LogP contribution in [0.1, 0.15) is 30.4 Å². The maximum atomic E-state index is 12.1. The predicted molar refractivity (Wildman–Crippen MR) is 149 cm³/mol. The summed E-state index contributed by atoms with van der Waals surface area (Å²) in [6, 6.07) is 35.5. The minimum atomic E-state index is -0.972. The van der Waals surface area contributed by atoms with Crippen LogP contribution in [0.5, 0.6) is 11.5 Å². The first-order chi connectivity index (χ1) is 18.1. The summed E-state index contributed by atoms with van der Waals surface area (Å²) in [5.41, 5.74) is 2.77. The molecule has 1 aliphatic heterocycles. The normalized spacial score (nSPS) is 14.9. The second-order valence-corrected chi connectivity index (χ2v) is 9.86. The van der Waals surface area contributed by atoms with Gasteiger partial charge in [0.15, 0.2) is 0 Å². The lowest BCUT2D eigenvalue weighted by atomic mass is 9.72. The number of ether oxygens (including phenoxy) is 1. The number of hydrogen-bond acceptors (Lipinski definition) is 4. The molecule has 0 aromatic heterocycles. The van der Waals surface area contributed by atoms with Gasteiger partial charge in [0.1, 0.15) is 17.1 Å². The summed E-state index contributed by atoms with van der Waals surface area (Å²) in [5, 5.41) is 22.1. The van der Waals surface area contributed by atoms with Crippen LogP contribution in [0.2, 0.25) is 0 Å². The molecule has 190 valence electrons. The van der Waals surface area contributed by atoms with E-state index in [0.717, 1.165) is 66.9 Å². The van der Waals surface area contributed by atoms with Gasteiger partial charge >= 0.3 is 0 Å². The van der Waals surface area contributed by atoms with Gasteiger partial charge in [-0.2, -0.15) is 0 Å². The molecule has 0 unspecified atom stereocenters. The average molecular weight is 494 g/mol. The van der Waals surface area contributed by atoms with Gasteiger partial charge in [-0.05, 0) is 73.2 Å². The minimum absolute atomic E-state index is 0.173. The molecule has 0 radical (unpaired) electrons. The van der Waals surface area contributed by atoms with Crippen LogP contribution in [0.3, 0.4) is 0 Å². The summed E-state index contributed by atoms with van der Waals surface area (Å²) < 4.78 is 5.98. The molecule has 1 aliphatic rings. The van der Waals surface area contributed by atoms with E-state index in [2.05, 4.69) is 4.90 Å². The molecule has 37 heavy (non-hydrogen) atoms. The molecule has 0 bridgehead atoms. The third-order valence-electron chi connectivity index (χ3n) is 7.56. The van der Waals surface area contributed by atoms with Crippen molar-refractivity contribution in [2.24, 2.45) is 5.92 Å². The monoisotopic (exact) mass is 493 g/mol. The van der Waals surface area contributed by atoms with Crippen molar-refractivity contribution in [1.29, 1.82) is 0 Å². The SMILES string of the molecule is Oc1ccccc1-c1ccc(OCCCN2CCC(C(O)(c3ccccc3)c3ccccc3)CC2)cc1. The average Bonchev–Trinajstić information content (AvgIpc) is 2.97. The van der Waals surface area contributed by atoms with E-state index in [-0.39, 0.29) is 11.7 Å². The standard InChI is InChI=1S/C33H35NO3/c35-32-15-8-7-14-31(32)26-16-18-30(19-17-26)37-25-9-22-34-23-20-29(21-24-34)33(36,27-10-3-1-4-11-27)28-12-5-2-6-13-28/h1-8,10-19,29,35-36H,9,20-25H2. The van der Waals surface area contributed by atoms with Crippen molar-refractivity contribution in [2.75, 3.05) is 26.2 Å². The maximum absolute atomic E-state index is 12.1. The molecule has 2 N–H and O–H groups in total. The highest BCUT2D eigenvalue weighted by Gasteiger charge is 2.41. The Morgan fingerprint density at radius 2 is 1.30 bits per heavy atom. The van der Waals surface area contributed by atoms with Crippen LogP contribution < -0.4 is 4.74 Å². The Hall–Kier alpha value is -3.60. The Balaban J connectivity index is 1.12. The molecule has 0 aliphatic carbocycles. The van der Waals surface area contributed by atoms with Gasteiger partial charge in [-0.15, -0.1) is 0 Å². The van der Waals surface area contributed by atoms with E-state index in [9.17, 15) is 10.2 Å². The Kier molecular flexibility index (Phi) is 7.88. The fourth-order valence-electron chi connectivity index (χ4n) is 5.52. The van der Waals surface area contributed by atoms with Crippen molar-refractivity contribution in [3.8, 4) is 22.6 Å². The first-order valence-electron chi connectivity index (χ1n) is 13.2. The summed E-state index contributed by atoms with van der Waals surface area (Å²) in [6.45, 7) is 3.59. The van der Waals surface area contributed by atoms with E-state index < -0.39 is 5.60 Å². The molecular formula is C33H35NO3. The molecule has 4 heteroatoms. The molecule has 4 aromatic rings. The van der Waals surface area contributed by atoms with Crippen molar-refractivity contribution < 1.29 is 14.9 Å². The minimum Gasteiger partial charge on any atom is -0.507 e. The molecule has 0 saturated carbocycles. The number of phenols is 1. The second kappa shape index (κ2) is 11.6. The van der Waals surface area contributed by atoms with Crippen LogP contribution in [0, 0.1) is 5.92 Å². The number of nitrogens with zero attached hydrogens (tertiary/aromatic N) is 1. The number of rotatable bonds is 9. The Labute approximate surface area is 219 Å². The number of aromatic hydroxyl groups is 1. The Morgan fingerprint density at radius 1 is 0.730 bits per heavy atom. The summed E-state index contributed by atoms with van der Waals surface area (Å²) in [5.74, 6) is 1.30. The molecule has 0 spiro atoms. The van der Waals surface area contributed by atoms with Crippen molar-refractivity contribution >= 4 is 0 Å². The van der Waals surface area contributed by atoms with Gasteiger partial charge in [0.25, 0.3) is 0 Å². The predicted octanol–water partition coefficient (Wildman–Crippen LogP) is 6.48. The van der Waals surface area contributed by atoms with Gasteiger partial charge in [0.2, 0.25) is 0 Å². The molecule has 0 amide bonds. The van der Waals surface area contributed by atoms with E-state index >= 15 is 0 Å². The zero-order chi connectivity index (χ0) is 25.5. The van der Waals surface area contributed by atoms with Gasteiger partial charge < -0.3 is 19.8 Å². The summed E-state index contributed by atoms with van der Waals surface area (Å²) in [6.07, 6.45) is 2.86. The number of piperidine rings is 1. The van der Waals surface area contributed by atoms with Crippen LogP contribution in [0.25, 0.3) is 11.1 Å². The van der Waals surface area contributed by atoms with Crippen molar-refractivity contribution in [3.63, 3.8) is 0 Å². The highest BCUT2D eigenvalue weighted by molar-refractivity contribution is 5.70. The van der Waals surface area contributed by atoms with E-state index in [1.54, 1.807) is 6.07 Å². The Bertz CT molecular complexity index is 1210. The largest absolute Gasteiger partial charge is 0.507 e. The van der Waals surface area contributed by atoms with Crippen LogP contribution in [-0.2, 0) is 5.60 Å².